The van der Waals surface area contributed by atoms with E-state index in [1.807, 2.05) is 17.2 Å². The van der Waals surface area contributed by atoms with Crippen LogP contribution in [-0.4, -0.2) is 28.4 Å². The molecule has 1 aromatic heterocycles. The molecular formula is C15H22BrN3O. The SMILES string of the molecule is CC(C)CN1C(=O)CCCC(N)C1c1cncc(Br)c1. The van der Waals surface area contributed by atoms with Gasteiger partial charge in [-0.3, -0.25) is 9.78 Å². The minimum atomic E-state index is -0.0719. The topological polar surface area (TPSA) is 59.2 Å². The third-order valence-corrected chi connectivity index (χ3v) is 4.05. The van der Waals surface area contributed by atoms with Crippen molar-refractivity contribution >= 4 is 21.8 Å². The lowest BCUT2D eigenvalue weighted by atomic mass is 9.97. The number of amides is 1. The molecule has 0 aromatic carbocycles. The minimum Gasteiger partial charge on any atom is -0.334 e. The van der Waals surface area contributed by atoms with Crippen LogP contribution in [0.3, 0.4) is 0 Å². The summed E-state index contributed by atoms with van der Waals surface area (Å²) >= 11 is 3.45. The Labute approximate surface area is 128 Å². The fraction of sp³-hybridized carbons (Fsp3) is 0.600. The molecule has 0 bridgehead atoms. The monoisotopic (exact) mass is 339 g/mol. The number of aromatic nitrogens is 1. The Morgan fingerprint density at radius 3 is 2.90 bits per heavy atom. The Hall–Kier alpha value is -0.940. The summed E-state index contributed by atoms with van der Waals surface area (Å²) in [5.41, 5.74) is 7.37. The molecule has 1 saturated heterocycles. The molecule has 5 heteroatoms. The predicted molar refractivity (Wildman–Crippen MR) is 83.1 cm³/mol. The van der Waals surface area contributed by atoms with Crippen molar-refractivity contribution in [1.29, 1.82) is 0 Å². The van der Waals surface area contributed by atoms with Crippen molar-refractivity contribution in [3.05, 3.63) is 28.5 Å². The minimum absolute atomic E-state index is 0.0312. The summed E-state index contributed by atoms with van der Waals surface area (Å²) in [5.74, 6) is 0.628. The normalized spacial score (nSPS) is 24.1. The molecule has 2 N–H and O–H groups in total. The van der Waals surface area contributed by atoms with Gasteiger partial charge in [0, 0.05) is 35.9 Å². The molecular weight excluding hydrogens is 318 g/mol. The van der Waals surface area contributed by atoms with E-state index in [2.05, 4.69) is 34.8 Å². The second-order valence-corrected chi connectivity index (χ2v) is 6.79. The number of carbonyl (C=O) groups is 1. The van der Waals surface area contributed by atoms with Crippen molar-refractivity contribution in [2.45, 2.75) is 45.2 Å². The maximum atomic E-state index is 12.4. The third kappa shape index (κ3) is 3.58. The van der Waals surface area contributed by atoms with E-state index in [1.54, 1.807) is 6.20 Å². The summed E-state index contributed by atoms with van der Waals surface area (Å²) in [4.78, 5) is 18.6. The maximum Gasteiger partial charge on any atom is 0.223 e. The lowest BCUT2D eigenvalue weighted by Crippen LogP contribution is -2.43. The zero-order chi connectivity index (χ0) is 14.7. The molecule has 1 aromatic rings. The van der Waals surface area contributed by atoms with E-state index in [9.17, 15) is 4.79 Å². The van der Waals surface area contributed by atoms with Gasteiger partial charge in [0.25, 0.3) is 0 Å². The molecule has 0 radical (unpaired) electrons. The van der Waals surface area contributed by atoms with E-state index in [4.69, 9.17) is 5.73 Å². The highest BCUT2D eigenvalue weighted by atomic mass is 79.9. The molecule has 0 spiro atoms. The maximum absolute atomic E-state index is 12.4. The molecule has 1 aliphatic rings. The molecule has 1 aliphatic heterocycles. The Morgan fingerprint density at radius 1 is 1.50 bits per heavy atom. The molecule has 20 heavy (non-hydrogen) atoms. The van der Waals surface area contributed by atoms with Crippen molar-refractivity contribution in [3.63, 3.8) is 0 Å². The van der Waals surface area contributed by atoms with Gasteiger partial charge in [-0.05, 0) is 46.3 Å². The van der Waals surface area contributed by atoms with E-state index >= 15 is 0 Å². The molecule has 110 valence electrons. The van der Waals surface area contributed by atoms with Gasteiger partial charge in [0.2, 0.25) is 5.91 Å². The summed E-state index contributed by atoms with van der Waals surface area (Å²) in [6.07, 6.45) is 5.91. The molecule has 0 saturated carbocycles. The fourth-order valence-electron chi connectivity index (χ4n) is 2.80. The van der Waals surface area contributed by atoms with Crippen LogP contribution in [0.1, 0.15) is 44.7 Å². The van der Waals surface area contributed by atoms with Gasteiger partial charge in [-0.1, -0.05) is 13.8 Å². The van der Waals surface area contributed by atoms with Crippen LogP contribution in [0.5, 0.6) is 0 Å². The fourth-order valence-corrected chi connectivity index (χ4v) is 3.19. The number of hydrogen-bond donors (Lipinski definition) is 1. The molecule has 2 rings (SSSR count). The molecule has 2 unspecified atom stereocenters. The summed E-state index contributed by atoms with van der Waals surface area (Å²) in [5, 5.41) is 0. The average Bonchev–Trinajstić information content (AvgIpc) is 2.49. The molecule has 4 nitrogen and oxygen atoms in total. The highest BCUT2D eigenvalue weighted by molar-refractivity contribution is 9.10. The van der Waals surface area contributed by atoms with Gasteiger partial charge >= 0.3 is 0 Å². The van der Waals surface area contributed by atoms with Crippen LogP contribution in [0.15, 0.2) is 22.9 Å². The summed E-state index contributed by atoms with van der Waals surface area (Å²) in [7, 11) is 0. The first-order chi connectivity index (χ1) is 9.49. The van der Waals surface area contributed by atoms with Gasteiger partial charge in [-0.25, -0.2) is 0 Å². The highest BCUT2D eigenvalue weighted by Gasteiger charge is 2.33. The molecule has 0 aliphatic carbocycles. The standard InChI is InChI=1S/C15H22BrN3O/c1-10(2)9-19-14(20)5-3-4-13(17)15(19)11-6-12(16)8-18-7-11/h6-8,10,13,15H,3-5,9,17H2,1-2H3. The largest absolute Gasteiger partial charge is 0.334 e. The second-order valence-electron chi connectivity index (χ2n) is 5.88. The zero-order valence-electron chi connectivity index (χ0n) is 12.1. The first-order valence-corrected chi connectivity index (χ1v) is 7.94. The van der Waals surface area contributed by atoms with Crippen molar-refractivity contribution in [1.82, 2.24) is 9.88 Å². The van der Waals surface area contributed by atoms with Crippen LogP contribution in [0, 0.1) is 5.92 Å². The van der Waals surface area contributed by atoms with Gasteiger partial charge < -0.3 is 10.6 Å². The predicted octanol–water partition coefficient (Wildman–Crippen LogP) is 2.88. The van der Waals surface area contributed by atoms with Crippen molar-refractivity contribution < 1.29 is 4.79 Å². The van der Waals surface area contributed by atoms with E-state index in [0.717, 1.165) is 29.4 Å². The van der Waals surface area contributed by atoms with Gasteiger partial charge in [0.1, 0.15) is 0 Å². The van der Waals surface area contributed by atoms with Crippen molar-refractivity contribution in [2.75, 3.05) is 6.54 Å². The van der Waals surface area contributed by atoms with Gasteiger partial charge in [-0.15, -0.1) is 0 Å². The second kappa shape index (κ2) is 6.68. The molecule has 2 heterocycles. The lowest BCUT2D eigenvalue weighted by molar-refractivity contribution is -0.133. The van der Waals surface area contributed by atoms with Crippen LogP contribution in [-0.2, 0) is 4.79 Å². The quantitative estimate of drug-likeness (QED) is 0.920. The van der Waals surface area contributed by atoms with Crippen molar-refractivity contribution in [3.8, 4) is 0 Å². The van der Waals surface area contributed by atoms with E-state index in [0.29, 0.717) is 12.3 Å². The molecule has 2 atom stereocenters. The van der Waals surface area contributed by atoms with Gasteiger partial charge in [0.15, 0.2) is 0 Å². The van der Waals surface area contributed by atoms with Crippen molar-refractivity contribution in [2.24, 2.45) is 11.7 Å². The zero-order valence-corrected chi connectivity index (χ0v) is 13.6. The van der Waals surface area contributed by atoms with Crippen LogP contribution in [0.25, 0.3) is 0 Å². The van der Waals surface area contributed by atoms with Gasteiger partial charge in [0.05, 0.1) is 6.04 Å². The Kier molecular flexibility index (Phi) is 5.16. The number of pyridine rings is 1. The Morgan fingerprint density at radius 2 is 2.25 bits per heavy atom. The number of nitrogens with zero attached hydrogens (tertiary/aromatic N) is 2. The number of likely N-dealkylation sites (tertiary alicyclic amines) is 1. The third-order valence-electron chi connectivity index (χ3n) is 3.62. The summed E-state index contributed by atoms with van der Waals surface area (Å²) in [6.45, 7) is 4.99. The van der Waals surface area contributed by atoms with Gasteiger partial charge in [-0.2, -0.15) is 0 Å². The smallest absolute Gasteiger partial charge is 0.223 e. The van der Waals surface area contributed by atoms with E-state index < -0.39 is 0 Å². The van der Waals surface area contributed by atoms with Crippen LogP contribution >= 0.6 is 15.9 Å². The number of carbonyl (C=O) groups excluding carboxylic acids is 1. The number of halogens is 1. The lowest BCUT2D eigenvalue weighted by Gasteiger charge is -2.35. The Balaban J connectivity index is 2.38. The van der Waals surface area contributed by atoms with Crippen LogP contribution in [0.4, 0.5) is 0 Å². The average molecular weight is 340 g/mol. The Bertz CT molecular complexity index is 478. The number of rotatable bonds is 3. The first-order valence-electron chi connectivity index (χ1n) is 7.14. The van der Waals surface area contributed by atoms with E-state index in [-0.39, 0.29) is 18.0 Å². The van der Waals surface area contributed by atoms with Crippen LogP contribution < -0.4 is 5.73 Å². The van der Waals surface area contributed by atoms with E-state index in [1.165, 1.54) is 0 Å². The molecule has 1 fully saturated rings. The van der Waals surface area contributed by atoms with Crippen LogP contribution in [0.2, 0.25) is 0 Å². The molecule has 1 amide bonds. The summed E-state index contributed by atoms with van der Waals surface area (Å²) in [6, 6.07) is 1.91. The number of nitrogens with two attached hydrogens (primary N) is 1. The first kappa shape index (κ1) is 15.4. The highest BCUT2D eigenvalue weighted by Crippen LogP contribution is 2.31. The summed E-state index contributed by atoms with van der Waals surface area (Å²) < 4.78 is 0.920. The number of hydrogen-bond acceptors (Lipinski definition) is 3.